The molecule has 2 heterocycles. The molecule has 2 aromatic heterocycles. The van der Waals surface area contributed by atoms with Gasteiger partial charge in [0.2, 0.25) is 5.91 Å². The Morgan fingerprint density at radius 2 is 1.89 bits per heavy atom. The number of rotatable bonds is 8. The fourth-order valence-corrected chi connectivity index (χ4v) is 5.63. The topological polar surface area (TPSA) is 79.2 Å². The van der Waals surface area contributed by atoms with Gasteiger partial charge in [0.05, 0.1) is 12.8 Å². The number of nitrogens with one attached hydrogen (secondary N) is 1. The molecule has 2 aliphatic carbocycles. The summed E-state index contributed by atoms with van der Waals surface area (Å²) in [5.74, 6) is 2.72. The number of pyridine rings is 2. The fourth-order valence-electron chi connectivity index (χ4n) is 5.63. The molecule has 2 aromatic rings. The molecule has 0 saturated heterocycles. The van der Waals surface area contributed by atoms with Crippen LogP contribution < -0.4 is 9.64 Å². The van der Waals surface area contributed by atoms with Crippen LogP contribution in [0.4, 0.5) is 5.82 Å². The van der Waals surface area contributed by atoms with E-state index in [-0.39, 0.29) is 11.8 Å². The smallest absolute Gasteiger partial charge is 0.231 e. The van der Waals surface area contributed by atoms with E-state index in [1.807, 2.05) is 30.0 Å². The second-order valence-electron chi connectivity index (χ2n) is 10.1. The third-order valence-corrected chi connectivity index (χ3v) is 7.77. The van der Waals surface area contributed by atoms with Gasteiger partial charge in [0.1, 0.15) is 11.6 Å². The summed E-state index contributed by atoms with van der Waals surface area (Å²) in [4.78, 5) is 25.0. The first-order valence-corrected chi connectivity index (χ1v) is 13.0. The molecule has 2 fully saturated rings. The van der Waals surface area contributed by atoms with Crippen LogP contribution in [0.5, 0.6) is 5.75 Å². The summed E-state index contributed by atoms with van der Waals surface area (Å²) in [6.07, 6.45) is 12.7. The number of methoxy groups -OCH3 is 1. The van der Waals surface area contributed by atoms with Crippen LogP contribution in [0, 0.1) is 24.2 Å². The molecule has 4 rings (SSSR count). The average Bonchev–Trinajstić information content (AvgIpc) is 2.91. The number of ether oxygens (including phenoxy) is 1. The van der Waals surface area contributed by atoms with Gasteiger partial charge in [0, 0.05) is 36.5 Å². The molecular formula is C29H38N4O2. The van der Waals surface area contributed by atoms with E-state index >= 15 is 0 Å². The van der Waals surface area contributed by atoms with E-state index in [1.165, 1.54) is 12.6 Å². The summed E-state index contributed by atoms with van der Waals surface area (Å²) < 4.78 is 5.37. The Balaban J connectivity index is 1.48. The van der Waals surface area contributed by atoms with Crippen LogP contribution in [-0.4, -0.2) is 35.7 Å². The second kappa shape index (κ2) is 11.6. The Labute approximate surface area is 209 Å². The molecule has 2 saturated carbocycles. The van der Waals surface area contributed by atoms with Crippen LogP contribution in [0.3, 0.4) is 0 Å². The van der Waals surface area contributed by atoms with Crippen LogP contribution in [0.1, 0.15) is 80.7 Å². The standard InChI is InChI=1S/C29H38N4O2/c1-20(18-30)25-15-16-31-28(17-25)33(29(34)24-7-5-4-6-8-24)19-22-9-11-23(12-10-22)26-13-14-27(35-3)21(2)32-26/h13-18,22-24,30H,1,4-12,19H2,2-3H3. The third kappa shape index (κ3) is 5.98. The van der Waals surface area contributed by atoms with Gasteiger partial charge < -0.3 is 10.1 Å². The zero-order valence-corrected chi connectivity index (χ0v) is 21.1. The lowest BCUT2D eigenvalue weighted by atomic mass is 9.79. The average molecular weight is 475 g/mol. The first kappa shape index (κ1) is 25.1. The number of hydrogen-bond donors (Lipinski definition) is 1. The summed E-state index contributed by atoms with van der Waals surface area (Å²) in [5, 5.41) is 7.56. The first-order chi connectivity index (χ1) is 17.0. The van der Waals surface area contributed by atoms with Crippen molar-refractivity contribution in [1.82, 2.24) is 9.97 Å². The lowest BCUT2D eigenvalue weighted by molar-refractivity contribution is -0.123. The molecule has 0 aromatic carbocycles. The summed E-state index contributed by atoms with van der Waals surface area (Å²) in [7, 11) is 1.68. The van der Waals surface area contributed by atoms with E-state index in [0.29, 0.717) is 29.8 Å². The number of nitrogens with zero attached hydrogens (tertiary/aromatic N) is 3. The van der Waals surface area contributed by atoms with Gasteiger partial charge in [-0.2, -0.15) is 0 Å². The molecule has 0 aliphatic heterocycles. The summed E-state index contributed by atoms with van der Waals surface area (Å²) in [6, 6.07) is 7.90. The van der Waals surface area contributed by atoms with Crippen LogP contribution in [0.15, 0.2) is 37.0 Å². The number of allylic oxidation sites excluding steroid dienone is 1. The van der Waals surface area contributed by atoms with Gasteiger partial charge in [0.25, 0.3) is 0 Å². The maximum absolute atomic E-state index is 13.7. The minimum absolute atomic E-state index is 0.0861. The van der Waals surface area contributed by atoms with E-state index in [9.17, 15) is 4.79 Å². The number of aromatic nitrogens is 2. The molecule has 0 atom stereocenters. The Hall–Kier alpha value is -3.02. The van der Waals surface area contributed by atoms with Gasteiger partial charge in [-0.25, -0.2) is 4.98 Å². The predicted octanol–water partition coefficient (Wildman–Crippen LogP) is 6.34. The molecule has 6 heteroatoms. The monoisotopic (exact) mass is 474 g/mol. The maximum atomic E-state index is 13.7. The molecule has 1 amide bonds. The molecule has 35 heavy (non-hydrogen) atoms. The molecular weight excluding hydrogens is 436 g/mol. The minimum atomic E-state index is 0.0861. The van der Waals surface area contributed by atoms with Crippen molar-refractivity contribution in [3.63, 3.8) is 0 Å². The summed E-state index contributed by atoms with van der Waals surface area (Å²) in [5.41, 5.74) is 3.56. The van der Waals surface area contributed by atoms with Crippen LogP contribution in [-0.2, 0) is 4.79 Å². The predicted molar refractivity (Wildman–Crippen MR) is 141 cm³/mol. The molecule has 2 aliphatic rings. The van der Waals surface area contributed by atoms with E-state index < -0.39 is 0 Å². The minimum Gasteiger partial charge on any atom is -0.495 e. The molecule has 1 N–H and O–H groups in total. The number of hydrogen-bond acceptors (Lipinski definition) is 5. The van der Waals surface area contributed by atoms with E-state index in [2.05, 4.69) is 17.6 Å². The number of aryl methyl sites for hydroxylation is 1. The van der Waals surface area contributed by atoms with Crippen molar-refractivity contribution in [3.8, 4) is 5.75 Å². The second-order valence-corrected chi connectivity index (χ2v) is 10.1. The van der Waals surface area contributed by atoms with E-state index in [4.69, 9.17) is 15.1 Å². The Morgan fingerprint density at radius 1 is 1.14 bits per heavy atom. The van der Waals surface area contributed by atoms with E-state index in [0.717, 1.165) is 74.1 Å². The molecule has 186 valence electrons. The van der Waals surface area contributed by atoms with Crippen molar-refractivity contribution < 1.29 is 9.53 Å². The van der Waals surface area contributed by atoms with Gasteiger partial charge in [-0.1, -0.05) is 25.8 Å². The van der Waals surface area contributed by atoms with Crippen molar-refractivity contribution in [2.24, 2.45) is 11.8 Å². The van der Waals surface area contributed by atoms with Crippen LogP contribution >= 0.6 is 0 Å². The quantitative estimate of drug-likeness (QED) is 0.453. The highest BCUT2D eigenvalue weighted by Gasteiger charge is 2.31. The highest BCUT2D eigenvalue weighted by atomic mass is 16.5. The lowest BCUT2D eigenvalue weighted by Crippen LogP contribution is -2.41. The molecule has 0 radical (unpaired) electrons. The normalized spacial score (nSPS) is 20.7. The lowest BCUT2D eigenvalue weighted by Gasteiger charge is -2.34. The number of carbonyl (C=O) groups is 1. The van der Waals surface area contributed by atoms with Crippen molar-refractivity contribution in [2.75, 3.05) is 18.6 Å². The van der Waals surface area contributed by atoms with Gasteiger partial charge in [-0.15, -0.1) is 0 Å². The van der Waals surface area contributed by atoms with Crippen molar-refractivity contribution >= 4 is 23.5 Å². The highest BCUT2D eigenvalue weighted by molar-refractivity contribution is 6.07. The number of amides is 1. The summed E-state index contributed by atoms with van der Waals surface area (Å²) >= 11 is 0. The Morgan fingerprint density at radius 3 is 2.54 bits per heavy atom. The molecule has 0 unspecified atom stereocenters. The molecule has 0 bridgehead atoms. The van der Waals surface area contributed by atoms with Gasteiger partial charge in [-0.3, -0.25) is 14.7 Å². The van der Waals surface area contributed by atoms with E-state index in [1.54, 1.807) is 13.3 Å². The summed E-state index contributed by atoms with van der Waals surface area (Å²) in [6.45, 7) is 6.66. The fraction of sp³-hybridized carbons (Fsp3) is 0.517. The largest absolute Gasteiger partial charge is 0.495 e. The Kier molecular flexibility index (Phi) is 8.32. The molecule has 6 nitrogen and oxygen atoms in total. The van der Waals surface area contributed by atoms with Crippen molar-refractivity contribution in [2.45, 2.75) is 70.6 Å². The van der Waals surface area contributed by atoms with Crippen molar-refractivity contribution in [3.05, 3.63) is 54.0 Å². The molecule has 0 spiro atoms. The highest BCUT2D eigenvalue weighted by Crippen LogP contribution is 2.37. The Bertz CT molecular complexity index is 1050. The SMILES string of the molecule is C=C(C=N)c1ccnc(N(CC2CCC(c3ccc(OC)c(C)n3)CC2)C(=O)C2CCCCC2)c1. The van der Waals surface area contributed by atoms with Gasteiger partial charge >= 0.3 is 0 Å². The number of anilines is 1. The number of carbonyl (C=O) groups excluding carboxylic acids is 1. The van der Waals surface area contributed by atoms with Crippen molar-refractivity contribution in [1.29, 1.82) is 5.41 Å². The maximum Gasteiger partial charge on any atom is 0.231 e. The third-order valence-electron chi connectivity index (χ3n) is 7.77. The van der Waals surface area contributed by atoms with Gasteiger partial charge in [0.15, 0.2) is 0 Å². The zero-order valence-electron chi connectivity index (χ0n) is 21.1. The van der Waals surface area contributed by atoms with Crippen LogP contribution in [0.2, 0.25) is 0 Å². The zero-order chi connectivity index (χ0) is 24.8. The first-order valence-electron chi connectivity index (χ1n) is 13.0. The van der Waals surface area contributed by atoms with Gasteiger partial charge in [-0.05, 0) is 86.8 Å². The van der Waals surface area contributed by atoms with Crippen LogP contribution in [0.25, 0.3) is 5.57 Å².